The second-order valence-electron chi connectivity index (χ2n) is 21.8. The number of allylic oxidation sites excluding steroid dienone is 1. The first-order chi connectivity index (χ1) is 28.4. The van der Waals surface area contributed by atoms with E-state index >= 15 is 4.79 Å². The molecule has 17 unspecified atom stereocenters. The molecule has 5 aliphatic carbocycles. The average Bonchev–Trinajstić information content (AvgIpc) is 3.46. The summed E-state index contributed by atoms with van der Waals surface area (Å²) in [5, 5.41) is 28.4. The summed E-state index contributed by atoms with van der Waals surface area (Å²) >= 11 is 0. The van der Waals surface area contributed by atoms with E-state index in [1.54, 1.807) is 6.26 Å². The van der Waals surface area contributed by atoms with Crippen molar-refractivity contribution in [1.29, 1.82) is 0 Å². The quantitative estimate of drug-likeness (QED) is 0.276. The third kappa shape index (κ3) is 4.66. The van der Waals surface area contributed by atoms with Crippen LogP contribution in [0.4, 0.5) is 0 Å². The minimum absolute atomic E-state index is 0.00789. The van der Waals surface area contributed by atoms with E-state index in [4.69, 9.17) is 23.4 Å². The van der Waals surface area contributed by atoms with Gasteiger partial charge in [0.2, 0.25) is 0 Å². The van der Waals surface area contributed by atoms with Gasteiger partial charge < -0.3 is 38.5 Å². The summed E-state index contributed by atoms with van der Waals surface area (Å²) in [7, 11) is 0. The van der Waals surface area contributed by atoms with Crippen LogP contribution in [0.15, 0.2) is 29.0 Å². The topological polar surface area (TPSA) is 160 Å². The number of nitrogens with zero attached hydrogens (tertiary/aromatic N) is 1. The number of cyclic esters (lactones) is 2. The number of ketones is 1. The van der Waals surface area contributed by atoms with Crippen molar-refractivity contribution in [3.63, 3.8) is 0 Å². The van der Waals surface area contributed by atoms with Crippen LogP contribution in [0.5, 0.6) is 0 Å². The van der Waals surface area contributed by atoms with Gasteiger partial charge in [-0.2, -0.15) is 0 Å². The molecule has 1 aromatic rings. The van der Waals surface area contributed by atoms with Gasteiger partial charge in [-0.1, -0.05) is 32.3 Å². The Balaban J connectivity index is 0.935. The van der Waals surface area contributed by atoms with Crippen molar-refractivity contribution < 1.29 is 48.0 Å². The first kappa shape index (κ1) is 37.9. The number of carbonyl (C=O) groups is 3. The molecule has 0 bridgehead atoms. The third-order valence-corrected chi connectivity index (χ3v) is 19.4. The molecule has 7 heterocycles. The first-order valence-electron chi connectivity index (χ1n) is 23.2. The molecular formula is C47H62N2O10. The van der Waals surface area contributed by atoms with Crippen molar-refractivity contribution >= 4 is 17.7 Å². The highest BCUT2D eigenvalue weighted by Crippen LogP contribution is 2.82. The molecular weight excluding hydrogens is 753 g/mol. The summed E-state index contributed by atoms with van der Waals surface area (Å²) < 4.78 is 32.7. The third-order valence-electron chi connectivity index (χ3n) is 19.4. The summed E-state index contributed by atoms with van der Waals surface area (Å²) in [6, 6.07) is 2.49. The molecule has 11 aliphatic rings. The predicted octanol–water partition coefficient (Wildman–Crippen LogP) is 5.00. The van der Waals surface area contributed by atoms with Crippen molar-refractivity contribution in [3.05, 3.63) is 35.9 Å². The predicted molar refractivity (Wildman–Crippen MR) is 210 cm³/mol. The van der Waals surface area contributed by atoms with Gasteiger partial charge in [-0.05, 0) is 119 Å². The minimum atomic E-state index is -1.39. The van der Waals surface area contributed by atoms with Gasteiger partial charge in [0.05, 0.1) is 43.1 Å². The number of Topliss-reactive ketones (excluding diaryl/α,β-unsaturated/α-hetero) is 1. The number of aliphatic hydroxyl groups excluding tert-OH is 2. The Morgan fingerprint density at radius 2 is 1.78 bits per heavy atom. The highest BCUT2D eigenvalue weighted by atomic mass is 16.7. The minimum Gasteiger partial charge on any atom is -0.469 e. The van der Waals surface area contributed by atoms with Crippen molar-refractivity contribution in [2.45, 2.75) is 152 Å². The summed E-state index contributed by atoms with van der Waals surface area (Å²) in [6.45, 7) is 8.00. The Kier molecular flexibility index (Phi) is 8.15. The normalized spacial score (nSPS) is 51.8. The highest BCUT2D eigenvalue weighted by molar-refractivity contribution is 5.92. The van der Waals surface area contributed by atoms with Gasteiger partial charge in [0.1, 0.15) is 30.2 Å². The van der Waals surface area contributed by atoms with Crippen LogP contribution >= 0.6 is 0 Å². The number of nitrogens with one attached hydrogen (secondary N) is 1. The summed E-state index contributed by atoms with van der Waals surface area (Å²) in [5.41, 5.74) is -4.12. The van der Waals surface area contributed by atoms with Crippen LogP contribution in [0.25, 0.3) is 0 Å². The van der Waals surface area contributed by atoms with E-state index in [1.165, 1.54) is 6.42 Å². The molecule has 0 amide bonds. The van der Waals surface area contributed by atoms with E-state index < -0.39 is 69.9 Å². The standard InChI is InChI=1S/C47H62N2O10/c1-43(2)38-37(52)39(53)46(26-7-5-4-6-8-26)34(45(38)22-56-36(51)20-35(45)58-43)11-14-44(3)40(57-42(54)41-47(44,46)59-41)27-13-16-55-33(27)19-30-28-17-25-12-15-49-23-48-21-31(49)29(25)18-24(28)9-10-32(30)50/h12-13,15-16,24-26,28-32,34-35,38-41,48,50,53H,4-11,14,17-23H2,1-3H3. The van der Waals surface area contributed by atoms with Crippen molar-refractivity contribution in [2.24, 2.45) is 63.6 Å². The maximum Gasteiger partial charge on any atom is 0.339 e. The zero-order chi connectivity index (χ0) is 40.4. The van der Waals surface area contributed by atoms with Gasteiger partial charge in [-0.15, -0.1) is 0 Å². The Hall–Kier alpha value is -2.77. The van der Waals surface area contributed by atoms with Crippen LogP contribution in [0, 0.1) is 63.6 Å². The van der Waals surface area contributed by atoms with E-state index in [0.29, 0.717) is 49.0 Å². The monoisotopic (exact) mass is 814 g/mol. The second kappa shape index (κ2) is 12.7. The lowest BCUT2D eigenvalue weighted by Crippen LogP contribution is -2.79. The molecule has 5 saturated carbocycles. The number of epoxide rings is 1. The van der Waals surface area contributed by atoms with Crippen molar-refractivity contribution in [3.8, 4) is 0 Å². The molecule has 320 valence electrons. The Bertz CT molecular complexity index is 1970. The van der Waals surface area contributed by atoms with Gasteiger partial charge in [0, 0.05) is 40.8 Å². The van der Waals surface area contributed by atoms with Gasteiger partial charge in [-0.3, -0.25) is 14.9 Å². The first-order valence-corrected chi connectivity index (χ1v) is 23.2. The lowest BCUT2D eigenvalue weighted by molar-refractivity contribution is -0.275. The molecule has 59 heavy (non-hydrogen) atoms. The molecule has 3 N–H and O–H groups in total. The van der Waals surface area contributed by atoms with Crippen LogP contribution in [-0.2, 0) is 39.8 Å². The second-order valence-corrected chi connectivity index (χ2v) is 21.8. The Labute approximate surface area is 346 Å². The molecule has 17 atom stereocenters. The average molecular weight is 815 g/mol. The summed E-state index contributed by atoms with van der Waals surface area (Å²) in [4.78, 5) is 45.2. The van der Waals surface area contributed by atoms with Gasteiger partial charge in [0.15, 0.2) is 11.9 Å². The SMILES string of the molecule is CC1(C)OC2CC(=O)OCC23C1C(=O)C(O)C1(C2CCCCC2)C3CCC2(C)C(c3ccoc3CC3C(O)CCC4CC5C(C=CN6CNCC56)CC43)OC(=O)C3OC321. The lowest BCUT2D eigenvalue weighted by Gasteiger charge is -2.70. The van der Waals surface area contributed by atoms with E-state index in [-0.39, 0.29) is 42.5 Å². The number of ether oxygens (including phenoxy) is 4. The van der Waals surface area contributed by atoms with Gasteiger partial charge in [-0.25, -0.2) is 4.79 Å². The fourth-order valence-electron chi connectivity index (χ4n) is 17.4. The van der Waals surface area contributed by atoms with E-state index in [1.807, 2.05) is 19.9 Å². The van der Waals surface area contributed by atoms with Crippen LogP contribution in [-0.4, -0.2) is 94.3 Å². The van der Waals surface area contributed by atoms with E-state index in [9.17, 15) is 19.8 Å². The van der Waals surface area contributed by atoms with Gasteiger partial charge in [0.25, 0.3) is 0 Å². The fraction of sp³-hybridized carbons (Fsp3) is 0.809. The Morgan fingerprint density at radius 3 is 2.61 bits per heavy atom. The number of carbonyl (C=O) groups excluding carboxylic acids is 3. The maximum absolute atomic E-state index is 15.3. The number of hydrogen-bond acceptors (Lipinski definition) is 12. The number of furan rings is 1. The molecule has 12 rings (SSSR count). The van der Waals surface area contributed by atoms with Crippen molar-refractivity contribution in [2.75, 3.05) is 19.8 Å². The summed E-state index contributed by atoms with van der Waals surface area (Å²) in [6.07, 6.45) is 12.9. The van der Waals surface area contributed by atoms with Crippen LogP contribution < -0.4 is 5.32 Å². The number of fused-ring (bicyclic) bond motifs is 5. The number of rotatable bonds is 4. The lowest BCUT2D eigenvalue weighted by atomic mass is 9.33. The molecule has 0 aromatic carbocycles. The molecule has 0 radical (unpaired) electrons. The number of aliphatic hydroxyl groups is 2. The molecule has 12 heteroatoms. The fourth-order valence-corrected chi connectivity index (χ4v) is 17.4. The number of hydrogen-bond donors (Lipinski definition) is 3. The molecule has 5 saturated heterocycles. The van der Waals surface area contributed by atoms with Crippen LogP contribution in [0.1, 0.15) is 115 Å². The zero-order valence-electron chi connectivity index (χ0n) is 34.8. The highest BCUT2D eigenvalue weighted by Gasteiger charge is 2.92. The molecule has 10 fully saturated rings. The van der Waals surface area contributed by atoms with Gasteiger partial charge >= 0.3 is 11.9 Å². The van der Waals surface area contributed by atoms with Crippen LogP contribution in [0.2, 0.25) is 0 Å². The molecule has 12 nitrogen and oxygen atoms in total. The summed E-state index contributed by atoms with van der Waals surface area (Å²) in [5.74, 6) is 0.627. The number of esters is 2. The molecule has 6 aliphatic heterocycles. The molecule has 1 aromatic heterocycles. The smallest absolute Gasteiger partial charge is 0.339 e. The van der Waals surface area contributed by atoms with Crippen LogP contribution in [0.3, 0.4) is 0 Å². The van der Waals surface area contributed by atoms with E-state index in [2.05, 4.69) is 29.4 Å². The largest absolute Gasteiger partial charge is 0.469 e. The Morgan fingerprint density at radius 1 is 0.949 bits per heavy atom. The van der Waals surface area contributed by atoms with E-state index in [0.717, 1.165) is 75.9 Å². The molecule has 2 spiro atoms. The van der Waals surface area contributed by atoms with Crippen molar-refractivity contribution in [1.82, 2.24) is 10.2 Å². The maximum atomic E-state index is 15.3. The zero-order valence-corrected chi connectivity index (χ0v) is 34.8.